The fraction of sp³-hybridized carbons (Fsp3) is 0.286. The van der Waals surface area contributed by atoms with Crippen molar-refractivity contribution in [1.82, 2.24) is 9.78 Å². The number of phenolic OH excluding ortho intramolecular Hbond substituents is 1. The molecule has 1 N–H and O–H groups in total. The van der Waals surface area contributed by atoms with Crippen LogP contribution in [0.15, 0.2) is 30.3 Å². The number of hydrogen-bond acceptors (Lipinski definition) is 3. The van der Waals surface area contributed by atoms with E-state index in [0.717, 1.165) is 17.1 Å². The molecule has 0 saturated heterocycles. The van der Waals surface area contributed by atoms with Crippen molar-refractivity contribution in [3.8, 4) is 5.75 Å². The number of likely N-dealkylation sites (N-methyl/N-ethyl adjacent to an activating group) is 1. The third-order valence-electron chi connectivity index (χ3n) is 3.00. The summed E-state index contributed by atoms with van der Waals surface area (Å²) in [5.74, 6) is 0.125. The van der Waals surface area contributed by atoms with Crippen molar-refractivity contribution in [1.29, 1.82) is 0 Å². The van der Waals surface area contributed by atoms with Crippen molar-refractivity contribution < 1.29 is 9.90 Å². The van der Waals surface area contributed by atoms with Crippen LogP contribution in [-0.4, -0.2) is 27.8 Å². The first-order valence-electron chi connectivity index (χ1n) is 6.04. The molecule has 5 heteroatoms. The van der Waals surface area contributed by atoms with E-state index in [1.165, 1.54) is 0 Å². The summed E-state index contributed by atoms with van der Waals surface area (Å²) in [6.45, 7) is 4.03. The number of amides is 1. The Bertz CT molecular complexity index is 587. The van der Waals surface area contributed by atoms with Gasteiger partial charge in [0.15, 0.2) is 0 Å². The highest BCUT2D eigenvalue weighted by Crippen LogP contribution is 2.17. The van der Waals surface area contributed by atoms with Crippen molar-refractivity contribution in [3.63, 3.8) is 0 Å². The lowest BCUT2D eigenvalue weighted by molar-refractivity contribution is -0.119. The lowest BCUT2D eigenvalue weighted by Crippen LogP contribution is -2.30. The van der Waals surface area contributed by atoms with Crippen LogP contribution in [0.3, 0.4) is 0 Å². The molecule has 100 valence electrons. The number of anilines is 1. The van der Waals surface area contributed by atoms with Gasteiger partial charge in [0, 0.05) is 18.4 Å². The minimum absolute atomic E-state index is 0.0584. The number of benzene rings is 1. The van der Waals surface area contributed by atoms with Crippen LogP contribution in [0.5, 0.6) is 5.75 Å². The normalized spacial score (nSPS) is 10.5. The Morgan fingerprint density at radius 1 is 1.32 bits per heavy atom. The SMILES string of the molecule is Cc1cc(C)n(CC(=O)N(C)c2ccc(O)cc2)n1. The van der Waals surface area contributed by atoms with Crippen LogP contribution < -0.4 is 4.90 Å². The van der Waals surface area contributed by atoms with Crippen molar-refractivity contribution in [2.45, 2.75) is 20.4 Å². The molecule has 0 radical (unpaired) electrons. The van der Waals surface area contributed by atoms with Gasteiger partial charge >= 0.3 is 0 Å². The van der Waals surface area contributed by atoms with Gasteiger partial charge in [-0.15, -0.1) is 0 Å². The molecule has 0 aliphatic carbocycles. The largest absolute Gasteiger partial charge is 0.508 e. The average molecular weight is 259 g/mol. The zero-order chi connectivity index (χ0) is 14.0. The molecule has 0 unspecified atom stereocenters. The van der Waals surface area contributed by atoms with E-state index in [4.69, 9.17) is 0 Å². The van der Waals surface area contributed by atoms with E-state index in [1.807, 2.05) is 19.9 Å². The van der Waals surface area contributed by atoms with Crippen LogP contribution in [0.4, 0.5) is 5.69 Å². The molecule has 5 nitrogen and oxygen atoms in total. The Labute approximate surface area is 112 Å². The quantitative estimate of drug-likeness (QED) is 0.915. The number of aromatic hydroxyl groups is 1. The predicted octanol–water partition coefficient (Wildman–Crippen LogP) is 1.87. The van der Waals surface area contributed by atoms with Gasteiger partial charge in [-0.05, 0) is 44.2 Å². The van der Waals surface area contributed by atoms with Crippen molar-refractivity contribution in [3.05, 3.63) is 41.7 Å². The van der Waals surface area contributed by atoms with Crippen molar-refractivity contribution >= 4 is 11.6 Å². The van der Waals surface area contributed by atoms with E-state index in [1.54, 1.807) is 40.9 Å². The molecule has 1 aromatic carbocycles. The maximum atomic E-state index is 12.2. The zero-order valence-electron chi connectivity index (χ0n) is 11.3. The Morgan fingerprint density at radius 3 is 2.47 bits per heavy atom. The molecule has 0 aliphatic heterocycles. The lowest BCUT2D eigenvalue weighted by atomic mass is 10.3. The van der Waals surface area contributed by atoms with Gasteiger partial charge in [-0.2, -0.15) is 5.10 Å². The highest BCUT2D eigenvalue weighted by atomic mass is 16.3. The fourth-order valence-corrected chi connectivity index (χ4v) is 1.89. The number of aryl methyl sites for hydroxylation is 2. The highest BCUT2D eigenvalue weighted by molar-refractivity contribution is 5.92. The molecule has 1 heterocycles. The summed E-state index contributed by atoms with van der Waals surface area (Å²) >= 11 is 0. The molecule has 1 amide bonds. The van der Waals surface area contributed by atoms with Crippen LogP contribution in [0.2, 0.25) is 0 Å². The summed E-state index contributed by atoms with van der Waals surface area (Å²) in [6.07, 6.45) is 0. The maximum Gasteiger partial charge on any atom is 0.248 e. The van der Waals surface area contributed by atoms with Gasteiger partial charge in [0.2, 0.25) is 5.91 Å². The van der Waals surface area contributed by atoms with Crippen LogP contribution in [0.25, 0.3) is 0 Å². The van der Waals surface area contributed by atoms with Gasteiger partial charge < -0.3 is 10.0 Å². The standard InChI is InChI=1S/C14H17N3O2/c1-10-8-11(2)17(15-10)9-14(19)16(3)12-4-6-13(18)7-5-12/h4-8,18H,9H2,1-3H3. The molecule has 0 saturated carbocycles. The average Bonchev–Trinajstić information content (AvgIpc) is 2.68. The first-order valence-corrected chi connectivity index (χ1v) is 6.04. The molecule has 19 heavy (non-hydrogen) atoms. The summed E-state index contributed by atoms with van der Waals surface area (Å²) in [5.41, 5.74) is 2.60. The van der Waals surface area contributed by atoms with Crippen LogP contribution in [-0.2, 0) is 11.3 Å². The third kappa shape index (κ3) is 2.93. The second kappa shape index (κ2) is 5.14. The van der Waals surface area contributed by atoms with E-state index >= 15 is 0 Å². The van der Waals surface area contributed by atoms with Gasteiger partial charge in [-0.25, -0.2) is 0 Å². The molecule has 0 aliphatic rings. The summed E-state index contributed by atoms with van der Waals surface area (Å²) < 4.78 is 1.69. The van der Waals surface area contributed by atoms with E-state index in [0.29, 0.717) is 0 Å². The monoisotopic (exact) mass is 259 g/mol. The fourth-order valence-electron chi connectivity index (χ4n) is 1.89. The second-order valence-corrected chi connectivity index (χ2v) is 4.55. The number of carbonyl (C=O) groups excluding carboxylic acids is 1. The van der Waals surface area contributed by atoms with Gasteiger partial charge in [0.1, 0.15) is 12.3 Å². The number of phenols is 1. The topological polar surface area (TPSA) is 58.4 Å². The maximum absolute atomic E-state index is 12.2. The van der Waals surface area contributed by atoms with Crippen molar-refractivity contribution in [2.75, 3.05) is 11.9 Å². The van der Waals surface area contributed by atoms with Gasteiger partial charge in [-0.3, -0.25) is 9.48 Å². The predicted molar refractivity (Wildman–Crippen MR) is 73.2 cm³/mol. The summed E-state index contributed by atoms with van der Waals surface area (Å²) in [6, 6.07) is 8.46. The summed E-state index contributed by atoms with van der Waals surface area (Å²) in [7, 11) is 1.71. The Hall–Kier alpha value is -2.30. The van der Waals surface area contributed by atoms with Gasteiger partial charge in [-0.1, -0.05) is 0 Å². The zero-order valence-corrected chi connectivity index (χ0v) is 11.3. The first kappa shape index (κ1) is 13.1. The second-order valence-electron chi connectivity index (χ2n) is 4.55. The molecule has 0 bridgehead atoms. The van der Waals surface area contributed by atoms with E-state index in [-0.39, 0.29) is 18.2 Å². The lowest BCUT2D eigenvalue weighted by Gasteiger charge is -2.17. The molecule has 2 rings (SSSR count). The van der Waals surface area contributed by atoms with E-state index < -0.39 is 0 Å². The molecule has 0 spiro atoms. The molecular formula is C14H17N3O2. The van der Waals surface area contributed by atoms with E-state index in [2.05, 4.69) is 5.10 Å². The molecule has 0 fully saturated rings. The minimum atomic E-state index is -0.0584. The first-order chi connectivity index (χ1) is 8.97. The highest BCUT2D eigenvalue weighted by Gasteiger charge is 2.13. The summed E-state index contributed by atoms with van der Waals surface area (Å²) in [5, 5.41) is 13.5. The van der Waals surface area contributed by atoms with Crippen molar-refractivity contribution in [2.24, 2.45) is 0 Å². The molecule has 1 aromatic heterocycles. The smallest absolute Gasteiger partial charge is 0.248 e. The van der Waals surface area contributed by atoms with Crippen LogP contribution in [0, 0.1) is 13.8 Å². The third-order valence-corrected chi connectivity index (χ3v) is 3.00. The Kier molecular flexibility index (Phi) is 3.55. The minimum Gasteiger partial charge on any atom is -0.508 e. The number of nitrogens with zero attached hydrogens (tertiary/aromatic N) is 3. The van der Waals surface area contributed by atoms with Crippen LogP contribution in [0.1, 0.15) is 11.4 Å². The Morgan fingerprint density at radius 2 is 1.95 bits per heavy atom. The van der Waals surface area contributed by atoms with Crippen LogP contribution >= 0.6 is 0 Å². The number of rotatable bonds is 3. The summed E-state index contributed by atoms with van der Waals surface area (Å²) in [4.78, 5) is 13.7. The molecular weight excluding hydrogens is 242 g/mol. The van der Waals surface area contributed by atoms with Gasteiger partial charge in [0.25, 0.3) is 0 Å². The number of aromatic nitrogens is 2. The van der Waals surface area contributed by atoms with Gasteiger partial charge in [0.05, 0.1) is 5.69 Å². The molecule has 0 atom stereocenters. The number of hydrogen-bond donors (Lipinski definition) is 1. The molecule has 2 aromatic rings. The van der Waals surface area contributed by atoms with E-state index in [9.17, 15) is 9.90 Å². The Balaban J connectivity index is 2.11. The number of carbonyl (C=O) groups is 1.